The van der Waals surface area contributed by atoms with E-state index in [4.69, 9.17) is 23.7 Å². The molecule has 210 valence electrons. The number of ether oxygens (including phenoxy) is 5. The van der Waals surface area contributed by atoms with Crippen molar-refractivity contribution in [2.75, 3.05) is 53.7 Å². The fourth-order valence-corrected chi connectivity index (χ4v) is 4.62. The lowest BCUT2D eigenvalue weighted by atomic mass is 10.1. The summed E-state index contributed by atoms with van der Waals surface area (Å²) in [6.45, 7) is 1.01. The fourth-order valence-electron chi connectivity index (χ4n) is 4.62. The number of morpholine rings is 1. The monoisotopic (exact) mass is 546 g/mol. The van der Waals surface area contributed by atoms with Gasteiger partial charge in [0.25, 0.3) is 5.91 Å². The van der Waals surface area contributed by atoms with Crippen molar-refractivity contribution < 1.29 is 37.3 Å². The van der Waals surface area contributed by atoms with E-state index >= 15 is 0 Å². The molecular weight excluding hydrogens is 514 g/mol. The molecule has 3 heterocycles. The number of hydrogen-bond acceptors (Lipinski definition) is 8. The molecule has 1 aliphatic heterocycles. The van der Waals surface area contributed by atoms with Crippen LogP contribution in [0.3, 0.4) is 0 Å². The van der Waals surface area contributed by atoms with Gasteiger partial charge in [0.2, 0.25) is 0 Å². The van der Waals surface area contributed by atoms with Gasteiger partial charge in [-0.25, -0.2) is 4.98 Å². The zero-order valence-electron chi connectivity index (χ0n) is 21.9. The molecule has 1 saturated carbocycles. The number of hydrogen-bond donors (Lipinski definition) is 1. The normalized spacial score (nSPS) is 17.9. The van der Waals surface area contributed by atoms with Crippen LogP contribution in [0, 0.1) is 0 Å². The standard InChI is InChI=1S/C27H32F2N4O6/c1-35-16-20-15-32(8-10-38-20)7-9-37-19-5-6-33-21(14-30-24(33)13-19)17-11-22(36-2)25(23(12-17)39-27(28)29)26(34)31-18-3-4-18/h5-6,11-14,18,20,27H,3-4,7-10,15-16H2,1-2H3,(H,31,34). The Morgan fingerprint density at radius 3 is 2.79 bits per heavy atom. The van der Waals surface area contributed by atoms with Crippen LogP contribution in [0.25, 0.3) is 16.9 Å². The van der Waals surface area contributed by atoms with Gasteiger partial charge in [-0.05, 0) is 31.0 Å². The average molecular weight is 547 g/mol. The van der Waals surface area contributed by atoms with E-state index in [1.807, 2.05) is 12.1 Å². The first-order valence-electron chi connectivity index (χ1n) is 12.9. The molecule has 0 spiro atoms. The maximum atomic E-state index is 13.3. The van der Waals surface area contributed by atoms with Crippen molar-refractivity contribution in [3.8, 4) is 28.5 Å². The topological polar surface area (TPSA) is 95.8 Å². The maximum Gasteiger partial charge on any atom is 0.387 e. The molecule has 2 fully saturated rings. The van der Waals surface area contributed by atoms with E-state index in [1.165, 1.54) is 13.2 Å². The number of carbonyl (C=O) groups is 1. The maximum absolute atomic E-state index is 13.3. The molecule has 39 heavy (non-hydrogen) atoms. The van der Waals surface area contributed by atoms with Gasteiger partial charge in [0, 0.05) is 50.6 Å². The van der Waals surface area contributed by atoms with Crippen LogP contribution in [0.5, 0.6) is 17.2 Å². The third kappa shape index (κ3) is 6.57. The highest BCUT2D eigenvalue weighted by molar-refractivity contribution is 6.01. The molecule has 10 nitrogen and oxygen atoms in total. The van der Waals surface area contributed by atoms with Crippen molar-refractivity contribution in [1.29, 1.82) is 0 Å². The van der Waals surface area contributed by atoms with E-state index in [0.29, 0.717) is 42.5 Å². The van der Waals surface area contributed by atoms with Crippen LogP contribution in [0.4, 0.5) is 8.78 Å². The number of halogens is 2. The Morgan fingerprint density at radius 1 is 1.23 bits per heavy atom. The largest absolute Gasteiger partial charge is 0.496 e. The first-order chi connectivity index (χ1) is 18.9. The Labute approximate surface area is 224 Å². The number of pyridine rings is 1. The van der Waals surface area contributed by atoms with Crippen molar-refractivity contribution >= 4 is 11.6 Å². The Morgan fingerprint density at radius 2 is 2.05 bits per heavy atom. The van der Waals surface area contributed by atoms with Gasteiger partial charge in [0.1, 0.15) is 35.1 Å². The molecule has 1 aliphatic carbocycles. The Balaban J connectivity index is 1.33. The molecule has 0 bridgehead atoms. The SMILES string of the molecule is COCC1CN(CCOc2ccn3c(-c4cc(OC)c(C(=O)NC5CC5)c(OC(F)F)c4)cnc3c2)CCO1. The van der Waals surface area contributed by atoms with Gasteiger partial charge in [-0.1, -0.05) is 0 Å². The molecule has 1 amide bonds. The number of rotatable bonds is 12. The van der Waals surface area contributed by atoms with Gasteiger partial charge in [-0.15, -0.1) is 0 Å². The molecular formula is C27H32F2N4O6. The van der Waals surface area contributed by atoms with Crippen molar-refractivity contribution in [3.05, 3.63) is 42.2 Å². The van der Waals surface area contributed by atoms with Gasteiger partial charge in [-0.3, -0.25) is 14.1 Å². The van der Waals surface area contributed by atoms with E-state index in [1.54, 1.807) is 30.0 Å². The van der Waals surface area contributed by atoms with E-state index in [9.17, 15) is 13.6 Å². The summed E-state index contributed by atoms with van der Waals surface area (Å²) < 4.78 is 55.4. The number of alkyl halides is 2. The van der Waals surface area contributed by atoms with Crippen LogP contribution in [-0.2, 0) is 9.47 Å². The van der Waals surface area contributed by atoms with E-state index in [0.717, 1.165) is 32.5 Å². The summed E-state index contributed by atoms with van der Waals surface area (Å²) in [6.07, 6.45) is 5.19. The highest BCUT2D eigenvalue weighted by Gasteiger charge is 2.29. The summed E-state index contributed by atoms with van der Waals surface area (Å²) in [6, 6.07) is 6.69. The van der Waals surface area contributed by atoms with Gasteiger partial charge >= 0.3 is 6.61 Å². The molecule has 2 aliphatic rings. The predicted octanol–water partition coefficient (Wildman–Crippen LogP) is 3.23. The van der Waals surface area contributed by atoms with Crippen molar-refractivity contribution in [3.63, 3.8) is 0 Å². The molecule has 1 unspecified atom stereocenters. The van der Waals surface area contributed by atoms with E-state index in [-0.39, 0.29) is 29.2 Å². The minimum atomic E-state index is -3.11. The second-order valence-electron chi connectivity index (χ2n) is 9.51. The fraction of sp³-hybridized carbons (Fsp3) is 0.481. The summed E-state index contributed by atoms with van der Waals surface area (Å²) in [5, 5.41) is 2.80. The zero-order chi connectivity index (χ0) is 27.4. The Hall–Kier alpha value is -3.48. The summed E-state index contributed by atoms with van der Waals surface area (Å²) >= 11 is 0. The van der Waals surface area contributed by atoms with Crippen LogP contribution < -0.4 is 19.5 Å². The predicted molar refractivity (Wildman–Crippen MR) is 138 cm³/mol. The lowest BCUT2D eigenvalue weighted by molar-refractivity contribution is -0.0627. The highest BCUT2D eigenvalue weighted by Crippen LogP contribution is 2.37. The number of aromatic nitrogens is 2. The molecule has 12 heteroatoms. The van der Waals surface area contributed by atoms with Crippen LogP contribution in [0.1, 0.15) is 23.2 Å². The number of carbonyl (C=O) groups excluding carboxylic acids is 1. The molecule has 1 aromatic carbocycles. The van der Waals surface area contributed by atoms with Crippen LogP contribution >= 0.6 is 0 Å². The first-order valence-corrected chi connectivity index (χ1v) is 12.9. The first kappa shape index (κ1) is 27.1. The number of amides is 1. The molecule has 5 rings (SSSR count). The third-order valence-corrected chi connectivity index (χ3v) is 6.67. The van der Waals surface area contributed by atoms with E-state index in [2.05, 4.69) is 15.2 Å². The lowest BCUT2D eigenvalue weighted by Crippen LogP contribution is -2.45. The average Bonchev–Trinajstić information content (AvgIpc) is 3.63. The van der Waals surface area contributed by atoms with Gasteiger partial charge in [0.15, 0.2) is 0 Å². The lowest BCUT2D eigenvalue weighted by Gasteiger charge is -2.32. The molecule has 1 saturated heterocycles. The Bertz CT molecular complexity index is 1300. The number of benzene rings is 1. The Kier molecular flexibility index (Phi) is 8.44. The summed E-state index contributed by atoms with van der Waals surface area (Å²) in [4.78, 5) is 19.5. The quantitative estimate of drug-likeness (QED) is 0.370. The van der Waals surface area contributed by atoms with Gasteiger partial charge in [0.05, 0.1) is 38.3 Å². The number of methoxy groups -OCH3 is 2. The number of imidazole rings is 1. The molecule has 0 radical (unpaired) electrons. The minimum Gasteiger partial charge on any atom is -0.496 e. The van der Waals surface area contributed by atoms with Crippen LogP contribution in [0.15, 0.2) is 36.7 Å². The van der Waals surface area contributed by atoms with Crippen LogP contribution in [-0.4, -0.2) is 92.6 Å². The number of nitrogens with one attached hydrogen (secondary N) is 1. The molecule has 2 aromatic heterocycles. The van der Waals surface area contributed by atoms with Gasteiger partial charge < -0.3 is 29.0 Å². The van der Waals surface area contributed by atoms with Crippen molar-refractivity contribution in [2.45, 2.75) is 31.6 Å². The number of nitrogens with zero attached hydrogens (tertiary/aromatic N) is 3. The zero-order valence-corrected chi connectivity index (χ0v) is 21.9. The van der Waals surface area contributed by atoms with E-state index < -0.39 is 12.5 Å². The van der Waals surface area contributed by atoms with Crippen molar-refractivity contribution in [1.82, 2.24) is 19.6 Å². The summed E-state index contributed by atoms with van der Waals surface area (Å²) in [5.41, 5.74) is 1.66. The second-order valence-corrected chi connectivity index (χ2v) is 9.51. The summed E-state index contributed by atoms with van der Waals surface area (Å²) in [5.74, 6) is 0.0193. The molecule has 3 aromatic rings. The second kappa shape index (κ2) is 12.1. The smallest absolute Gasteiger partial charge is 0.387 e. The van der Waals surface area contributed by atoms with Gasteiger partial charge in [-0.2, -0.15) is 8.78 Å². The summed E-state index contributed by atoms with van der Waals surface area (Å²) in [7, 11) is 3.05. The third-order valence-electron chi connectivity index (χ3n) is 6.67. The highest BCUT2D eigenvalue weighted by atomic mass is 19.3. The molecule has 1 atom stereocenters. The van der Waals surface area contributed by atoms with Crippen LogP contribution in [0.2, 0.25) is 0 Å². The minimum absolute atomic E-state index is 0.0397. The number of fused-ring (bicyclic) bond motifs is 1. The van der Waals surface area contributed by atoms with Crippen molar-refractivity contribution in [2.24, 2.45) is 0 Å². The molecule has 1 N–H and O–H groups in total.